The highest BCUT2D eigenvalue weighted by Crippen LogP contribution is 2.47. The number of guanidine groups is 1. The molecule has 1 aliphatic heterocycles. The van der Waals surface area contributed by atoms with Crippen LogP contribution in [0, 0.1) is 5.41 Å². The summed E-state index contributed by atoms with van der Waals surface area (Å²) in [7, 11) is 0. The van der Waals surface area contributed by atoms with Crippen LogP contribution in [0.2, 0.25) is 0 Å². The molecule has 0 aromatic rings. The predicted molar refractivity (Wildman–Crippen MR) is 101 cm³/mol. The zero-order valence-electron chi connectivity index (χ0n) is 13.4. The Morgan fingerprint density at radius 2 is 2.05 bits per heavy atom. The number of nitrogens with one attached hydrogen (secondary N) is 1. The summed E-state index contributed by atoms with van der Waals surface area (Å²) in [5.41, 5.74) is 0.644. The maximum Gasteiger partial charge on any atom is 0.193 e. The van der Waals surface area contributed by atoms with Gasteiger partial charge in [-0.25, -0.2) is 0 Å². The van der Waals surface area contributed by atoms with E-state index in [4.69, 9.17) is 4.99 Å². The number of aliphatic imine (C=N–C) groups is 1. The first kappa shape index (κ1) is 18.4. The molecule has 2 aliphatic rings. The molecule has 5 heteroatoms. The van der Waals surface area contributed by atoms with Crippen molar-refractivity contribution in [1.29, 1.82) is 0 Å². The lowest BCUT2D eigenvalue weighted by Gasteiger charge is -2.38. The molecule has 0 radical (unpaired) electrons. The molecule has 3 nitrogen and oxygen atoms in total. The van der Waals surface area contributed by atoms with E-state index in [0.717, 1.165) is 19.0 Å². The highest BCUT2D eigenvalue weighted by molar-refractivity contribution is 14.0. The molecule has 1 saturated heterocycles. The number of hydrogen-bond donors (Lipinski definition) is 1. The maximum atomic E-state index is 4.87. The summed E-state index contributed by atoms with van der Waals surface area (Å²) in [4.78, 5) is 7.36. The molecule has 0 atom stereocenters. The van der Waals surface area contributed by atoms with Gasteiger partial charge in [-0.3, -0.25) is 4.99 Å². The Morgan fingerprint density at radius 3 is 2.50 bits per heavy atom. The van der Waals surface area contributed by atoms with Crippen molar-refractivity contribution in [3.63, 3.8) is 0 Å². The van der Waals surface area contributed by atoms with E-state index in [-0.39, 0.29) is 28.7 Å². The van der Waals surface area contributed by atoms with Crippen LogP contribution < -0.4 is 5.32 Å². The fourth-order valence-electron chi connectivity index (χ4n) is 2.96. The number of hydrogen-bond acceptors (Lipinski definition) is 2. The van der Waals surface area contributed by atoms with E-state index in [2.05, 4.69) is 37.2 Å². The molecule has 1 spiro atoms. The molecule has 2 rings (SSSR count). The van der Waals surface area contributed by atoms with Gasteiger partial charge in [0.25, 0.3) is 0 Å². The van der Waals surface area contributed by atoms with Crippen LogP contribution in [0.1, 0.15) is 46.5 Å². The molecular formula is C15H30IN3S. The minimum absolute atomic E-state index is 0. The van der Waals surface area contributed by atoms with E-state index >= 15 is 0 Å². The van der Waals surface area contributed by atoms with Crippen LogP contribution >= 0.6 is 35.7 Å². The highest BCUT2D eigenvalue weighted by atomic mass is 127. The molecule has 20 heavy (non-hydrogen) atoms. The van der Waals surface area contributed by atoms with Gasteiger partial charge in [-0.15, -0.1) is 24.0 Å². The molecule has 1 aliphatic carbocycles. The normalized spacial score (nSPS) is 21.6. The lowest BCUT2D eigenvalue weighted by Crippen LogP contribution is -2.43. The molecule has 0 aromatic heterocycles. The van der Waals surface area contributed by atoms with E-state index < -0.39 is 0 Å². The van der Waals surface area contributed by atoms with Crippen LogP contribution in [0.3, 0.4) is 0 Å². The Balaban J connectivity index is 0.00000200. The van der Waals surface area contributed by atoms with Crippen molar-refractivity contribution in [3.05, 3.63) is 0 Å². The molecule has 1 heterocycles. The zero-order chi connectivity index (χ0) is 13.9. The van der Waals surface area contributed by atoms with Gasteiger partial charge in [-0.05, 0) is 51.7 Å². The fraction of sp³-hybridized carbons (Fsp3) is 0.933. The molecule has 0 bridgehead atoms. The van der Waals surface area contributed by atoms with Gasteiger partial charge in [-0.1, -0.05) is 6.42 Å². The molecule has 0 amide bonds. The summed E-state index contributed by atoms with van der Waals surface area (Å²) in [6, 6.07) is 0. The Bertz CT molecular complexity index is 340. The van der Waals surface area contributed by atoms with Crippen molar-refractivity contribution in [3.8, 4) is 0 Å². The van der Waals surface area contributed by atoms with Gasteiger partial charge < -0.3 is 10.2 Å². The summed E-state index contributed by atoms with van der Waals surface area (Å²) in [5.74, 6) is 1.13. The van der Waals surface area contributed by atoms with Crippen LogP contribution in [-0.2, 0) is 0 Å². The van der Waals surface area contributed by atoms with E-state index in [1.165, 1.54) is 38.8 Å². The largest absolute Gasteiger partial charge is 0.357 e. The van der Waals surface area contributed by atoms with Crippen molar-refractivity contribution < 1.29 is 0 Å². The average molecular weight is 411 g/mol. The number of thioether (sulfide) groups is 1. The van der Waals surface area contributed by atoms with Gasteiger partial charge in [0.15, 0.2) is 5.96 Å². The smallest absolute Gasteiger partial charge is 0.193 e. The maximum absolute atomic E-state index is 4.87. The van der Waals surface area contributed by atoms with Crippen molar-refractivity contribution in [1.82, 2.24) is 10.2 Å². The Hall–Kier alpha value is 0.350. The van der Waals surface area contributed by atoms with Gasteiger partial charge in [0, 0.05) is 24.4 Å². The lowest BCUT2D eigenvalue weighted by atomic mass is 9.68. The first-order valence-electron chi connectivity index (χ1n) is 7.59. The number of nitrogens with zero attached hydrogens (tertiary/aromatic N) is 2. The third-order valence-electron chi connectivity index (χ3n) is 4.65. The van der Waals surface area contributed by atoms with Crippen LogP contribution in [0.5, 0.6) is 0 Å². The number of halogens is 1. The van der Waals surface area contributed by atoms with Gasteiger partial charge in [0.05, 0.1) is 6.54 Å². The van der Waals surface area contributed by atoms with Gasteiger partial charge in [0.2, 0.25) is 0 Å². The SMILES string of the molecule is CCNC(=NCC(C)(C)SC)N1CCC2(CCC2)C1.I. The second-order valence-corrected chi connectivity index (χ2v) is 8.17. The fourth-order valence-corrected chi connectivity index (χ4v) is 3.15. The van der Waals surface area contributed by atoms with Crippen molar-refractivity contribution in [2.45, 2.75) is 51.2 Å². The third-order valence-corrected chi connectivity index (χ3v) is 5.88. The molecule has 0 aromatic carbocycles. The number of likely N-dealkylation sites (tertiary alicyclic amines) is 1. The zero-order valence-corrected chi connectivity index (χ0v) is 16.5. The quantitative estimate of drug-likeness (QED) is 0.435. The second-order valence-electron chi connectivity index (χ2n) is 6.66. The summed E-state index contributed by atoms with van der Waals surface area (Å²) in [5, 5.41) is 3.47. The molecule has 2 fully saturated rings. The number of rotatable bonds is 4. The van der Waals surface area contributed by atoms with Crippen molar-refractivity contribution in [2.75, 3.05) is 32.4 Å². The first-order chi connectivity index (χ1) is 9.00. The molecule has 1 saturated carbocycles. The second kappa shape index (κ2) is 7.56. The Morgan fingerprint density at radius 1 is 1.35 bits per heavy atom. The van der Waals surface area contributed by atoms with Crippen molar-refractivity contribution in [2.24, 2.45) is 10.4 Å². The summed E-state index contributed by atoms with van der Waals surface area (Å²) >= 11 is 1.89. The Kier molecular flexibility index (Phi) is 6.96. The minimum atomic E-state index is 0. The van der Waals surface area contributed by atoms with Crippen LogP contribution in [-0.4, -0.2) is 48.0 Å². The van der Waals surface area contributed by atoms with E-state index in [1.807, 2.05) is 11.8 Å². The van der Waals surface area contributed by atoms with E-state index in [0.29, 0.717) is 5.41 Å². The molecule has 118 valence electrons. The molecule has 0 unspecified atom stereocenters. The average Bonchev–Trinajstić information content (AvgIpc) is 2.79. The standard InChI is InChI=1S/C15H29N3S.HI/c1-5-16-13(17-11-14(2,3)19-4)18-10-9-15(12-18)7-6-8-15;/h5-12H2,1-4H3,(H,16,17);1H. The highest BCUT2D eigenvalue weighted by Gasteiger charge is 2.43. The van der Waals surface area contributed by atoms with Crippen LogP contribution in [0.25, 0.3) is 0 Å². The summed E-state index contributed by atoms with van der Waals surface area (Å²) < 4.78 is 0.231. The van der Waals surface area contributed by atoms with E-state index in [1.54, 1.807) is 0 Å². The van der Waals surface area contributed by atoms with Gasteiger partial charge >= 0.3 is 0 Å². The Labute approximate surface area is 145 Å². The summed E-state index contributed by atoms with van der Waals surface area (Å²) in [6.07, 6.45) is 7.82. The topological polar surface area (TPSA) is 27.6 Å². The first-order valence-corrected chi connectivity index (χ1v) is 8.81. The van der Waals surface area contributed by atoms with Gasteiger partial charge in [0.1, 0.15) is 0 Å². The van der Waals surface area contributed by atoms with E-state index in [9.17, 15) is 0 Å². The minimum Gasteiger partial charge on any atom is -0.357 e. The monoisotopic (exact) mass is 411 g/mol. The van der Waals surface area contributed by atoms with Crippen molar-refractivity contribution >= 4 is 41.7 Å². The summed E-state index contributed by atoms with van der Waals surface area (Å²) in [6.45, 7) is 10.9. The molecular weight excluding hydrogens is 381 g/mol. The lowest BCUT2D eigenvalue weighted by molar-refractivity contribution is 0.151. The molecule has 1 N–H and O–H groups in total. The van der Waals surface area contributed by atoms with Crippen LogP contribution in [0.15, 0.2) is 4.99 Å². The third kappa shape index (κ3) is 4.42. The van der Waals surface area contributed by atoms with Gasteiger partial charge in [-0.2, -0.15) is 11.8 Å². The van der Waals surface area contributed by atoms with Crippen LogP contribution in [0.4, 0.5) is 0 Å². The predicted octanol–water partition coefficient (Wildman–Crippen LogP) is 3.59.